The van der Waals surface area contributed by atoms with Crippen LogP contribution in [0.3, 0.4) is 0 Å². The van der Waals surface area contributed by atoms with Crippen LogP contribution in [0.5, 0.6) is 0 Å². The number of ether oxygens (including phenoxy) is 1. The van der Waals surface area contributed by atoms with Gasteiger partial charge in [-0.15, -0.1) is 11.3 Å². The first-order chi connectivity index (χ1) is 9.53. The van der Waals surface area contributed by atoms with Gasteiger partial charge < -0.3 is 10.1 Å². The molecule has 0 aromatic carbocycles. The van der Waals surface area contributed by atoms with Crippen LogP contribution in [-0.4, -0.2) is 25.2 Å². The molecule has 1 aromatic heterocycles. The van der Waals surface area contributed by atoms with Gasteiger partial charge in [0.2, 0.25) is 0 Å². The lowest BCUT2D eigenvalue weighted by Gasteiger charge is -2.29. The summed E-state index contributed by atoms with van der Waals surface area (Å²) in [6, 6.07) is 0. The van der Waals surface area contributed by atoms with Crippen molar-refractivity contribution in [2.75, 3.05) is 20.3 Å². The first-order valence-corrected chi connectivity index (χ1v) is 8.61. The average molecular weight is 298 g/mol. The number of thiazole rings is 1. The van der Waals surface area contributed by atoms with Crippen LogP contribution in [0.15, 0.2) is 5.38 Å². The monoisotopic (exact) mass is 298 g/mol. The smallest absolute Gasteiger partial charge is 0.113 e. The predicted octanol–water partition coefficient (Wildman–Crippen LogP) is 4.30. The SMILES string of the molecule is CCCCCC(C)(NCCOC)c1nc(C(C)C)cs1. The summed E-state index contributed by atoms with van der Waals surface area (Å²) in [6.07, 6.45) is 4.91. The molecule has 0 saturated heterocycles. The van der Waals surface area contributed by atoms with Gasteiger partial charge in [0, 0.05) is 19.0 Å². The van der Waals surface area contributed by atoms with Gasteiger partial charge in [-0.2, -0.15) is 0 Å². The zero-order chi connectivity index (χ0) is 15.0. The van der Waals surface area contributed by atoms with E-state index >= 15 is 0 Å². The average Bonchev–Trinajstić information content (AvgIpc) is 2.90. The Balaban J connectivity index is 2.77. The molecule has 0 fully saturated rings. The first-order valence-electron chi connectivity index (χ1n) is 7.73. The maximum absolute atomic E-state index is 5.16. The van der Waals surface area contributed by atoms with Crippen LogP contribution in [0.1, 0.15) is 70.0 Å². The highest BCUT2D eigenvalue weighted by molar-refractivity contribution is 7.09. The number of hydrogen-bond donors (Lipinski definition) is 1. The van der Waals surface area contributed by atoms with Gasteiger partial charge in [0.15, 0.2) is 0 Å². The molecule has 0 spiro atoms. The third-order valence-electron chi connectivity index (χ3n) is 3.69. The number of methoxy groups -OCH3 is 1. The normalized spacial score (nSPS) is 14.7. The molecule has 1 N–H and O–H groups in total. The van der Waals surface area contributed by atoms with Gasteiger partial charge in [0.05, 0.1) is 17.8 Å². The quantitative estimate of drug-likeness (QED) is 0.654. The lowest BCUT2D eigenvalue weighted by atomic mass is 9.94. The van der Waals surface area contributed by atoms with Gasteiger partial charge in [-0.1, -0.05) is 40.0 Å². The summed E-state index contributed by atoms with van der Waals surface area (Å²) in [5.74, 6) is 0.499. The molecule has 1 heterocycles. The van der Waals surface area contributed by atoms with E-state index in [1.165, 1.54) is 30.0 Å². The number of nitrogens with one attached hydrogen (secondary N) is 1. The minimum Gasteiger partial charge on any atom is -0.383 e. The molecular weight excluding hydrogens is 268 g/mol. The molecule has 0 radical (unpaired) electrons. The molecular formula is C16H30N2OS. The van der Waals surface area contributed by atoms with Crippen molar-refractivity contribution in [1.29, 1.82) is 0 Å². The Kier molecular flexibility index (Phi) is 7.70. The van der Waals surface area contributed by atoms with Gasteiger partial charge >= 0.3 is 0 Å². The van der Waals surface area contributed by atoms with Crippen molar-refractivity contribution in [3.8, 4) is 0 Å². The van der Waals surface area contributed by atoms with E-state index in [4.69, 9.17) is 9.72 Å². The number of rotatable bonds is 10. The Hall–Kier alpha value is -0.450. The molecule has 1 rings (SSSR count). The predicted molar refractivity (Wildman–Crippen MR) is 87.6 cm³/mol. The minimum absolute atomic E-state index is 0.0223. The Labute approximate surface area is 128 Å². The van der Waals surface area contributed by atoms with Crippen molar-refractivity contribution >= 4 is 11.3 Å². The van der Waals surface area contributed by atoms with Gasteiger partial charge in [-0.25, -0.2) is 4.98 Å². The van der Waals surface area contributed by atoms with E-state index in [1.54, 1.807) is 18.4 Å². The molecule has 1 aromatic rings. The first kappa shape index (κ1) is 17.6. The van der Waals surface area contributed by atoms with Crippen molar-refractivity contribution in [3.63, 3.8) is 0 Å². The highest BCUT2D eigenvalue weighted by Crippen LogP contribution is 2.31. The molecule has 3 nitrogen and oxygen atoms in total. The van der Waals surface area contributed by atoms with Crippen molar-refractivity contribution in [2.45, 2.75) is 64.8 Å². The Morgan fingerprint density at radius 3 is 2.70 bits per heavy atom. The highest BCUT2D eigenvalue weighted by Gasteiger charge is 2.29. The molecule has 0 bridgehead atoms. The molecule has 1 unspecified atom stereocenters. The molecule has 0 saturated carbocycles. The van der Waals surface area contributed by atoms with Crippen molar-refractivity contribution in [2.24, 2.45) is 0 Å². The van der Waals surface area contributed by atoms with E-state index in [1.807, 2.05) is 0 Å². The van der Waals surface area contributed by atoms with E-state index in [2.05, 4.69) is 38.4 Å². The maximum atomic E-state index is 5.16. The second-order valence-corrected chi connectivity index (χ2v) is 6.80. The summed E-state index contributed by atoms with van der Waals surface area (Å²) in [6.45, 7) is 10.5. The summed E-state index contributed by atoms with van der Waals surface area (Å²) in [5, 5.41) is 7.07. The summed E-state index contributed by atoms with van der Waals surface area (Å²) >= 11 is 1.79. The van der Waals surface area contributed by atoms with Crippen LogP contribution in [0.4, 0.5) is 0 Å². The zero-order valence-corrected chi connectivity index (χ0v) is 14.5. The second kappa shape index (κ2) is 8.75. The molecule has 116 valence electrons. The lowest BCUT2D eigenvalue weighted by molar-refractivity contribution is 0.183. The largest absolute Gasteiger partial charge is 0.383 e. The van der Waals surface area contributed by atoms with Gasteiger partial charge in [-0.3, -0.25) is 0 Å². The van der Waals surface area contributed by atoms with Crippen molar-refractivity contribution in [3.05, 3.63) is 16.1 Å². The van der Waals surface area contributed by atoms with Crippen LogP contribution < -0.4 is 5.32 Å². The van der Waals surface area contributed by atoms with E-state index in [9.17, 15) is 0 Å². The zero-order valence-electron chi connectivity index (χ0n) is 13.7. The number of aromatic nitrogens is 1. The summed E-state index contributed by atoms with van der Waals surface area (Å²) in [4.78, 5) is 4.85. The van der Waals surface area contributed by atoms with Gasteiger partial charge in [0.25, 0.3) is 0 Å². The fraction of sp³-hybridized carbons (Fsp3) is 0.812. The fourth-order valence-electron chi connectivity index (χ4n) is 2.23. The van der Waals surface area contributed by atoms with E-state index in [0.29, 0.717) is 5.92 Å². The van der Waals surface area contributed by atoms with Crippen LogP contribution in [0.2, 0.25) is 0 Å². The Bertz CT molecular complexity index is 366. The molecule has 0 amide bonds. The molecule has 0 aliphatic carbocycles. The van der Waals surface area contributed by atoms with Crippen molar-refractivity contribution < 1.29 is 4.74 Å². The highest BCUT2D eigenvalue weighted by atomic mass is 32.1. The van der Waals surface area contributed by atoms with Crippen LogP contribution in [0.25, 0.3) is 0 Å². The second-order valence-electron chi connectivity index (χ2n) is 5.94. The van der Waals surface area contributed by atoms with Crippen molar-refractivity contribution in [1.82, 2.24) is 10.3 Å². The molecule has 4 heteroatoms. The molecule has 0 aliphatic heterocycles. The summed E-state index contributed by atoms with van der Waals surface area (Å²) in [7, 11) is 1.75. The fourth-order valence-corrected chi connectivity index (χ4v) is 3.38. The van der Waals surface area contributed by atoms with Gasteiger partial charge in [0.1, 0.15) is 5.01 Å². The van der Waals surface area contributed by atoms with E-state index in [0.717, 1.165) is 19.6 Å². The lowest BCUT2D eigenvalue weighted by Crippen LogP contribution is -2.41. The molecule has 0 aliphatic rings. The molecule has 20 heavy (non-hydrogen) atoms. The topological polar surface area (TPSA) is 34.1 Å². The van der Waals surface area contributed by atoms with Crippen LogP contribution in [-0.2, 0) is 10.3 Å². The third kappa shape index (κ3) is 5.15. The van der Waals surface area contributed by atoms with Gasteiger partial charge in [-0.05, 0) is 19.3 Å². The van der Waals surface area contributed by atoms with Crippen LogP contribution >= 0.6 is 11.3 Å². The summed E-state index contributed by atoms with van der Waals surface area (Å²) in [5.41, 5.74) is 1.19. The maximum Gasteiger partial charge on any atom is 0.113 e. The number of unbranched alkanes of at least 4 members (excludes halogenated alkanes) is 2. The standard InChI is InChI=1S/C16H30N2OS/c1-6-7-8-9-16(4,17-10-11-19-5)15-18-14(12-20-15)13(2)3/h12-13,17H,6-11H2,1-5H3. The van der Waals surface area contributed by atoms with E-state index < -0.39 is 0 Å². The Morgan fingerprint density at radius 2 is 2.15 bits per heavy atom. The number of nitrogens with zero attached hydrogens (tertiary/aromatic N) is 1. The van der Waals surface area contributed by atoms with Crippen LogP contribution in [0, 0.1) is 0 Å². The van der Waals surface area contributed by atoms with E-state index in [-0.39, 0.29) is 5.54 Å². The molecule has 1 atom stereocenters. The minimum atomic E-state index is -0.0223. The Morgan fingerprint density at radius 1 is 1.40 bits per heavy atom. The third-order valence-corrected chi connectivity index (χ3v) is 4.81. The summed E-state index contributed by atoms with van der Waals surface area (Å²) < 4.78 is 5.16. The number of hydrogen-bond acceptors (Lipinski definition) is 4.